The number of rotatable bonds is 0. The van der Waals surface area contributed by atoms with Crippen LogP contribution < -0.4 is 0 Å². The van der Waals surface area contributed by atoms with Crippen LogP contribution in [0.15, 0.2) is 16.6 Å². The molecule has 0 aromatic heterocycles. The average Bonchev–Trinajstić information content (AvgIpc) is 1.94. The summed E-state index contributed by atoms with van der Waals surface area (Å²) in [5, 5.41) is 0.838. The molecule has 0 saturated heterocycles. The summed E-state index contributed by atoms with van der Waals surface area (Å²) in [6.45, 7) is 8.58. The second-order valence-corrected chi connectivity index (χ2v) is 5.59. The van der Waals surface area contributed by atoms with Gasteiger partial charge in [0.1, 0.15) is 0 Å². The zero-order chi connectivity index (χ0) is 10.2. The van der Waals surface area contributed by atoms with Gasteiger partial charge in [-0.1, -0.05) is 54.4 Å². The molecule has 0 nitrogen and oxygen atoms in total. The zero-order valence-corrected chi connectivity index (χ0v) is 10.8. The standard InChI is InChI=1S/C11H14BrCl/c1-7-5-8(11(2,3)4)10(13)6-9(7)12/h5-6H,1-4H3. The maximum Gasteiger partial charge on any atom is 0.0454 e. The Bertz CT molecular complexity index is 324. The van der Waals surface area contributed by atoms with Gasteiger partial charge in [-0.05, 0) is 29.5 Å². The van der Waals surface area contributed by atoms with E-state index in [0.717, 1.165) is 9.50 Å². The maximum absolute atomic E-state index is 6.16. The minimum atomic E-state index is 0.114. The molecule has 1 rings (SSSR count). The predicted molar refractivity (Wildman–Crippen MR) is 62.6 cm³/mol. The average molecular weight is 262 g/mol. The van der Waals surface area contributed by atoms with Crippen LogP contribution in [0.3, 0.4) is 0 Å². The lowest BCUT2D eigenvalue weighted by Crippen LogP contribution is -2.12. The Labute approximate surface area is 93.4 Å². The summed E-state index contributed by atoms with van der Waals surface area (Å²) in [6, 6.07) is 4.11. The molecule has 0 heterocycles. The molecule has 0 saturated carbocycles. The third-order valence-electron chi connectivity index (χ3n) is 2.06. The monoisotopic (exact) mass is 260 g/mol. The summed E-state index contributed by atoms with van der Waals surface area (Å²) < 4.78 is 1.07. The molecule has 0 fully saturated rings. The minimum Gasteiger partial charge on any atom is -0.0840 e. The van der Waals surface area contributed by atoms with E-state index in [0.29, 0.717) is 0 Å². The van der Waals surface area contributed by atoms with E-state index in [1.165, 1.54) is 11.1 Å². The van der Waals surface area contributed by atoms with E-state index in [9.17, 15) is 0 Å². The quantitative estimate of drug-likeness (QED) is 0.634. The van der Waals surface area contributed by atoms with Crippen molar-refractivity contribution in [1.29, 1.82) is 0 Å². The highest BCUT2D eigenvalue weighted by atomic mass is 79.9. The third kappa shape index (κ3) is 2.47. The molecule has 0 spiro atoms. The Morgan fingerprint density at radius 3 is 2.23 bits per heavy atom. The summed E-state index contributed by atoms with van der Waals surface area (Å²) in [4.78, 5) is 0. The van der Waals surface area contributed by atoms with E-state index >= 15 is 0 Å². The molecule has 0 aliphatic carbocycles. The number of benzene rings is 1. The fourth-order valence-electron chi connectivity index (χ4n) is 1.23. The topological polar surface area (TPSA) is 0 Å². The van der Waals surface area contributed by atoms with Gasteiger partial charge in [-0.2, -0.15) is 0 Å². The Morgan fingerprint density at radius 1 is 1.23 bits per heavy atom. The SMILES string of the molecule is Cc1cc(C(C)(C)C)c(Cl)cc1Br. The lowest BCUT2D eigenvalue weighted by atomic mass is 9.86. The first-order chi connectivity index (χ1) is 5.82. The van der Waals surface area contributed by atoms with Crippen LogP contribution in [0.2, 0.25) is 5.02 Å². The first kappa shape index (κ1) is 11.1. The van der Waals surface area contributed by atoms with Gasteiger partial charge in [0.25, 0.3) is 0 Å². The summed E-state index contributed by atoms with van der Waals surface area (Å²) in [7, 11) is 0. The van der Waals surface area contributed by atoms with Crippen LogP contribution in [0.4, 0.5) is 0 Å². The molecular weight excluding hydrogens is 247 g/mol. The molecule has 1 aromatic carbocycles. The van der Waals surface area contributed by atoms with Gasteiger partial charge in [0.2, 0.25) is 0 Å². The highest BCUT2D eigenvalue weighted by Crippen LogP contribution is 2.33. The van der Waals surface area contributed by atoms with Crippen molar-refractivity contribution in [3.05, 3.63) is 32.8 Å². The van der Waals surface area contributed by atoms with Gasteiger partial charge >= 0.3 is 0 Å². The van der Waals surface area contributed by atoms with Crippen molar-refractivity contribution in [3.63, 3.8) is 0 Å². The van der Waals surface area contributed by atoms with E-state index in [2.05, 4.69) is 49.7 Å². The molecule has 2 heteroatoms. The highest BCUT2D eigenvalue weighted by molar-refractivity contribution is 9.10. The molecule has 72 valence electrons. The smallest absolute Gasteiger partial charge is 0.0454 e. The molecule has 0 aliphatic rings. The maximum atomic E-state index is 6.16. The number of halogens is 2. The van der Waals surface area contributed by atoms with Crippen molar-refractivity contribution < 1.29 is 0 Å². The van der Waals surface area contributed by atoms with Gasteiger partial charge in [-0.3, -0.25) is 0 Å². The molecule has 0 N–H and O–H groups in total. The summed E-state index contributed by atoms with van der Waals surface area (Å²) in [5.41, 5.74) is 2.55. The third-order valence-corrected chi connectivity index (χ3v) is 3.22. The van der Waals surface area contributed by atoms with Gasteiger partial charge in [-0.15, -0.1) is 0 Å². The molecule has 0 bridgehead atoms. The van der Waals surface area contributed by atoms with E-state index in [-0.39, 0.29) is 5.41 Å². The Morgan fingerprint density at radius 2 is 1.77 bits per heavy atom. The van der Waals surface area contributed by atoms with Crippen LogP contribution in [0.5, 0.6) is 0 Å². The largest absolute Gasteiger partial charge is 0.0840 e. The predicted octanol–water partition coefficient (Wildman–Crippen LogP) is 4.71. The van der Waals surface area contributed by atoms with Crippen LogP contribution in [-0.2, 0) is 5.41 Å². The van der Waals surface area contributed by atoms with Crippen molar-refractivity contribution in [2.75, 3.05) is 0 Å². The fourth-order valence-corrected chi connectivity index (χ4v) is 2.15. The molecule has 0 atom stereocenters. The normalized spacial score (nSPS) is 11.8. The summed E-state index contributed by atoms with van der Waals surface area (Å²) in [5.74, 6) is 0. The summed E-state index contributed by atoms with van der Waals surface area (Å²) in [6.07, 6.45) is 0. The van der Waals surface area contributed by atoms with Crippen molar-refractivity contribution in [1.82, 2.24) is 0 Å². The van der Waals surface area contributed by atoms with Gasteiger partial charge in [0.15, 0.2) is 0 Å². The number of hydrogen-bond donors (Lipinski definition) is 0. The van der Waals surface area contributed by atoms with E-state index in [4.69, 9.17) is 11.6 Å². The lowest BCUT2D eigenvalue weighted by molar-refractivity contribution is 0.590. The molecule has 1 aromatic rings. The van der Waals surface area contributed by atoms with E-state index < -0.39 is 0 Å². The van der Waals surface area contributed by atoms with E-state index in [1.54, 1.807) is 0 Å². The van der Waals surface area contributed by atoms with Crippen LogP contribution in [0.25, 0.3) is 0 Å². The second-order valence-electron chi connectivity index (χ2n) is 4.33. The van der Waals surface area contributed by atoms with Gasteiger partial charge in [0.05, 0.1) is 0 Å². The Balaban J connectivity index is 3.32. The lowest BCUT2D eigenvalue weighted by Gasteiger charge is -2.21. The first-order valence-corrected chi connectivity index (χ1v) is 5.45. The van der Waals surface area contributed by atoms with E-state index in [1.807, 2.05) is 6.07 Å². The van der Waals surface area contributed by atoms with Crippen molar-refractivity contribution in [2.45, 2.75) is 33.1 Å². The van der Waals surface area contributed by atoms with Gasteiger partial charge in [-0.25, -0.2) is 0 Å². The van der Waals surface area contributed by atoms with Crippen LogP contribution in [-0.4, -0.2) is 0 Å². The van der Waals surface area contributed by atoms with Crippen molar-refractivity contribution in [3.8, 4) is 0 Å². The summed E-state index contributed by atoms with van der Waals surface area (Å²) >= 11 is 9.62. The molecule has 0 amide bonds. The van der Waals surface area contributed by atoms with Gasteiger partial charge in [0, 0.05) is 9.50 Å². The van der Waals surface area contributed by atoms with Crippen molar-refractivity contribution in [2.24, 2.45) is 0 Å². The second kappa shape index (κ2) is 3.62. The van der Waals surface area contributed by atoms with Crippen LogP contribution in [0, 0.1) is 6.92 Å². The molecule has 0 aliphatic heterocycles. The van der Waals surface area contributed by atoms with Crippen molar-refractivity contribution >= 4 is 27.5 Å². The molecule has 0 radical (unpaired) electrons. The fraction of sp³-hybridized carbons (Fsp3) is 0.455. The minimum absolute atomic E-state index is 0.114. The van der Waals surface area contributed by atoms with Crippen LogP contribution in [0.1, 0.15) is 31.9 Å². The Hall–Kier alpha value is -0.0100. The zero-order valence-electron chi connectivity index (χ0n) is 8.41. The molecule has 13 heavy (non-hydrogen) atoms. The number of hydrogen-bond acceptors (Lipinski definition) is 0. The molecular formula is C11H14BrCl. The molecule has 0 unspecified atom stereocenters. The Kier molecular flexibility index (Phi) is 3.09. The van der Waals surface area contributed by atoms with Gasteiger partial charge < -0.3 is 0 Å². The number of aryl methyl sites for hydroxylation is 1. The highest BCUT2D eigenvalue weighted by Gasteiger charge is 2.17. The van der Waals surface area contributed by atoms with Crippen LogP contribution >= 0.6 is 27.5 Å². The first-order valence-electron chi connectivity index (χ1n) is 4.28.